The number of hydrogen-bond donors (Lipinski definition) is 1. The second-order valence-corrected chi connectivity index (χ2v) is 6.85. The predicted octanol–water partition coefficient (Wildman–Crippen LogP) is 2.21. The molecule has 1 aliphatic heterocycles. The number of likely N-dealkylation sites (tertiary alicyclic amines) is 1. The zero-order valence-electron chi connectivity index (χ0n) is 14.5. The summed E-state index contributed by atoms with van der Waals surface area (Å²) >= 11 is 0. The number of anilines is 1. The van der Waals surface area contributed by atoms with Gasteiger partial charge in [0, 0.05) is 30.4 Å². The first-order valence-electron chi connectivity index (χ1n) is 8.30. The van der Waals surface area contributed by atoms with Crippen LogP contribution in [0.2, 0.25) is 0 Å². The summed E-state index contributed by atoms with van der Waals surface area (Å²) in [6.45, 7) is 8.48. The highest BCUT2D eigenvalue weighted by Gasteiger charge is 2.35. The molecule has 2 aromatic heterocycles. The maximum atomic E-state index is 12.4. The molecule has 1 saturated heterocycles. The summed E-state index contributed by atoms with van der Waals surface area (Å²) in [4.78, 5) is 30.5. The minimum Gasteiger partial charge on any atom is -0.339 e. The first-order chi connectivity index (χ1) is 11.4. The molecule has 2 amide bonds. The highest BCUT2D eigenvalue weighted by atomic mass is 16.2. The minimum atomic E-state index is -0.311. The summed E-state index contributed by atoms with van der Waals surface area (Å²) in [7, 11) is 0. The number of aromatic nitrogens is 3. The molecule has 3 rings (SSSR count). The van der Waals surface area contributed by atoms with Crippen LogP contribution < -0.4 is 5.32 Å². The molecule has 0 aliphatic carbocycles. The summed E-state index contributed by atoms with van der Waals surface area (Å²) in [6, 6.07) is 2.21. The van der Waals surface area contributed by atoms with Crippen molar-refractivity contribution in [2.75, 3.05) is 11.9 Å². The van der Waals surface area contributed by atoms with Gasteiger partial charge in [-0.2, -0.15) is 5.10 Å². The molecule has 128 valence electrons. The van der Waals surface area contributed by atoms with Crippen molar-refractivity contribution in [2.24, 2.45) is 5.92 Å². The highest BCUT2D eigenvalue weighted by molar-refractivity contribution is 5.98. The summed E-state index contributed by atoms with van der Waals surface area (Å²) in [5, 5.41) is 8.08. The molecule has 7 heteroatoms. The van der Waals surface area contributed by atoms with Crippen LogP contribution in [-0.4, -0.2) is 44.1 Å². The molecule has 24 heavy (non-hydrogen) atoms. The average molecular weight is 329 g/mol. The Morgan fingerprint density at radius 3 is 2.62 bits per heavy atom. The fourth-order valence-electron chi connectivity index (χ4n) is 3.04. The number of carbonyl (C=O) groups excluding carboxylic acids is 2. The van der Waals surface area contributed by atoms with E-state index < -0.39 is 0 Å². The van der Waals surface area contributed by atoms with Crippen molar-refractivity contribution < 1.29 is 9.59 Å². The molecule has 1 fully saturated rings. The first kappa shape index (κ1) is 16.4. The molecule has 0 aromatic carbocycles. The lowest BCUT2D eigenvalue weighted by molar-refractivity contribution is -0.129. The summed E-state index contributed by atoms with van der Waals surface area (Å²) < 4.78 is 1.84. The van der Waals surface area contributed by atoms with Crippen molar-refractivity contribution >= 4 is 28.5 Å². The third-order valence-electron chi connectivity index (χ3n) is 4.34. The summed E-state index contributed by atoms with van der Waals surface area (Å²) in [6.07, 6.45) is 3.65. The lowest BCUT2D eigenvalue weighted by Gasteiger charge is -2.20. The lowest BCUT2D eigenvalue weighted by Crippen LogP contribution is -2.33. The minimum absolute atomic E-state index is 0.0388. The Balaban J connectivity index is 1.73. The number of fused-ring (bicyclic) bond motifs is 1. The van der Waals surface area contributed by atoms with Crippen LogP contribution in [0, 0.1) is 5.92 Å². The second kappa shape index (κ2) is 6.22. The van der Waals surface area contributed by atoms with Gasteiger partial charge in [-0.15, -0.1) is 0 Å². The van der Waals surface area contributed by atoms with E-state index >= 15 is 0 Å². The Morgan fingerprint density at radius 2 is 2.00 bits per heavy atom. The van der Waals surface area contributed by atoms with Crippen LogP contribution in [0.25, 0.3) is 11.0 Å². The fraction of sp³-hybridized carbons (Fsp3) is 0.529. The molecule has 2 aromatic rings. The Morgan fingerprint density at radius 1 is 1.25 bits per heavy atom. The van der Waals surface area contributed by atoms with E-state index in [1.807, 2.05) is 38.4 Å². The van der Waals surface area contributed by atoms with Gasteiger partial charge in [0.25, 0.3) is 0 Å². The molecule has 0 spiro atoms. The van der Waals surface area contributed by atoms with E-state index in [0.717, 1.165) is 11.0 Å². The maximum Gasteiger partial charge on any atom is 0.229 e. The van der Waals surface area contributed by atoms with Crippen molar-refractivity contribution in [1.82, 2.24) is 19.7 Å². The van der Waals surface area contributed by atoms with Gasteiger partial charge in [-0.3, -0.25) is 9.59 Å². The van der Waals surface area contributed by atoms with Gasteiger partial charge in [0.2, 0.25) is 11.8 Å². The Kier molecular flexibility index (Phi) is 4.26. The smallest absolute Gasteiger partial charge is 0.229 e. The van der Waals surface area contributed by atoms with Gasteiger partial charge in [0.15, 0.2) is 5.65 Å². The van der Waals surface area contributed by atoms with Crippen molar-refractivity contribution in [2.45, 2.75) is 46.2 Å². The van der Waals surface area contributed by atoms with Crippen molar-refractivity contribution in [3.63, 3.8) is 0 Å². The van der Waals surface area contributed by atoms with Crippen LogP contribution >= 0.6 is 0 Å². The Hall–Kier alpha value is -2.44. The van der Waals surface area contributed by atoms with Gasteiger partial charge in [-0.25, -0.2) is 9.67 Å². The van der Waals surface area contributed by atoms with E-state index in [9.17, 15) is 9.59 Å². The zero-order chi connectivity index (χ0) is 17.4. The third-order valence-corrected chi connectivity index (χ3v) is 4.34. The van der Waals surface area contributed by atoms with E-state index in [1.54, 1.807) is 17.3 Å². The van der Waals surface area contributed by atoms with E-state index in [-0.39, 0.29) is 36.2 Å². The number of nitrogens with zero attached hydrogens (tertiary/aromatic N) is 4. The van der Waals surface area contributed by atoms with Crippen LogP contribution in [-0.2, 0) is 9.59 Å². The molecule has 1 N–H and O–H groups in total. The van der Waals surface area contributed by atoms with Crippen molar-refractivity contribution in [3.8, 4) is 0 Å². The lowest BCUT2D eigenvalue weighted by atomic mass is 10.1. The molecule has 0 bridgehead atoms. The quantitative estimate of drug-likeness (QED) is 0.932. The molecule has 3 heterocycles. The molecular formula is C17H23N5O2. The monoisotopic (exact) mass is 329 g/mol. The van der Waals surface area contributed by atoms with Gasteiger partial charge < -0.3 is 10.2 Å². The van der Waals surface area contributed by atoms with Crippen molar-refractivity contribution in [3.05, 3.63) is 18.5 Å². The van der Waals surface area contributed by atoms with E-state index in [0.29, 0.717) is 12.2 Å². The van der Waals surface area contributed by atoms with Gasteiger partial charge >= 0.3 is 0 Å². The number of rotatable bonds is 4. The number of hydrogen-bond acceptors (Lipinski definition) is 4. The topological polar surface area (TPSA) is 80.1 Å². The Bertz CT molecular complexity index is 780. The molecular weight excluding hydrogens is 306 g/mol. The Labute approximate surface area is 141 Å². The van der Waals surface area contributed by atoms with Crippen LogP contribution in [0.15, 0.2) is 18.5 Å². The number of amides is 2. The molecule has 0 unspecified atom stereocenters. The van der Waals surface area contributed by atoms with Gasteiger partial charge in [-0.05, 0) is 33.8 Å². The van der Waals surface area contributed by atoms with Gasteiger partial charge in [0.1, 0.15) is 0 Å². The fourth-order valence-corrected chi connectivity index (χ4v) is 3.04. The van der Waals surface area contributed by atoms with E-state index in [1.165, 1.54) is 0 Å². The first-order valence-corrected chi connectivity index (χ1v) is 8.30. The zero-order valence-corrected chi connectivity index (χ0v) is 14.5. The number of pyridine rings is 1. The van der Waals surface area contributed by atoms with Crippen LogP contribution in [0.3, 0.4) is 0 Å². The third kappa shape index (κ3) is 2.98. The van der Waals surface area contributed by atoms with Gasteiger partial charge in [-0.1, -0.05) is 0 Å². The molecule has 0 saturated carbocycles. The maximum absolute atomic E-state index is 12.4. The molecule has 1 aliphatic rings. The largest absolute Gasteiger partial charge is 0.339 e. The standard InChI is InChI=1S/C17H23N5O2/c1-10(2)21-9-13(6-15(21)23)17(24)20-14-5-12-7-19-22(11(3)4)16(12)18-8-14/h5,7-8,10-11,13H,6,9H2,1-4H3,(H,20,24)/t13-/m1/s1. The molecule has 1 atom stereocenters. The average Bonchev–Trinajstić information content (AvgIpc) is 3.10. The van der Waals surface area contributed by atoms with Gasteiger partial charge in [0.05, 0.1) is 24.0 Å². The number of carbonyl (C=O) groups is 2. The molecule has 7 nitrogen and oxygen atoms in total. The van der Waals surface area contributed by atoms with E-state index in [4.69, 9.17) is 0 Å². The normalized spacial score (nSPS) is 18.2. The second-order valence-electron chi connectivity index (χ2n) is 6.85. The van der Waals surface area contributed by atoms with Crippen LogP contribution in [0.4, 0.5) is 5.69 Å². The summed E-state index contributed by atoms with van der Waals surface area (Å²) in [5.41, 5.74) is 1.43. The summed E-state index contributed by atoms with van der Waals surface area (Å²) in [5.74, 6) is -0.408. The number of nitrogens with one attached hydrogen (secondary N) is 1. The SMILES string of the molecule is CC(C)N1C[C@H](C(=O)Nc2cnc3c(cnn3C(C)C)c2)CC1=O. The van der Waals surface area contributed by atoms with E-state index in [2.05, 4.69) is 15.4 Å². The van der Waals surface area contributed by atoms with Crippen molar-refractivity contribution in [1.29, 1.82) is 0 Å². The highest BCUT2D eigenvalue weighted by Crippen LogP contribution is 2.23. The van der Waals surface area contributed by atoms with Crippen LogP contribution in [0.1, 0.15) is 40.2 Å². The predicted molar refractivity (Wildman–Crippen MR) is 91.5 cm³/mol. The van der Waals surface area contributed by atoms with Crippen LogP contribution in [0.5, 0.6) is 0 Å². The molecule has 0 radical (unpaired) electrons.